The van der Waals surface area contributed by atoms with Crippen molar-refractivity contribution >= 4 is 90.0 Å². The molecule has 4 N–H and O–H groups in total. The Bertz CT molecular complexity index is 1650. The molecule has 0 unspecified atom stereocenters. The second-order valence-electron chi connectivity index (χ2n) is 22.4. The molecule has 0 saturated heterocycles. The second-order valence-corrected chi connectivity index (χ2v) is 31.0. The van der Waals surface area contributed by atoms with Gasteiger partial charge in [-0.15, -0.1) is 0 Å². The minimum absolute atomic E-state index is 0.0736. The van der Waals surface area contributed by atoms with Gasteiger partial charge in [0, 0.05) is 23.3 Å². The predicted molar refractivity (Wildman–Crippen MR) is 344 cm³/mol. The van der Waals surface area contributed by atoms with Crippen LogP contribution < -0.4 is 20.4 Å². The third kappa shape index (κ3) is 86.8. The maximum absolute atomic E-state index is 10.5. The second kappa shape index (κ2) is 73.8. The SMILES string of the molecule is CC(C)CCCCC/C(=C/C(=O)[O-])C(=O)[O-].CC(C)CCCCC/C(=C/C(=O)[O-])C(=O)[O-].CC/C(=C/C(=O)O)C(=O)O.CC/C(=C/C(=O)O)C(=O)O.CCCCCCC[CH2][Sn+2][CH2]CCCCCCC.CCCCCCC[CH2][Sn+2][CH2]CCCCCCC. The zero-order valence-corrected chi connectivity index (χ0v) is 61.1. The summed E-state index contributed by atoms with van der Waals surface area (Å²) in [6, 6.07) is 0. The molecule has 0 aliphatic rings. The van der Waals surface area contributed by atoms with Crippen molar-refractivity contribution in [3.8, 4) is 0 Å². The molecule has 0 atom stereocenters. The molecule has 0 spiro atoms. The predicted octanol–water partition coefficient (Wildman–Crippen LogP) is 13.5. The molecular weight excluding hydrogens is 1310 g/mol. The molecule has 0 aromatic rings. The van der Waals surface area contributed by atoms with E-state index >= 15 is 0 Å². The molecule has 0 amide bonds. The Labute approximate surface area is 542 Å². The van der Waals surface area contributed by atoms with E-state index in [1.54, 1.807) is 57.3 Å². The van der Waals surface area contributed by atoms with Gasteiger partial charge in [-0.1, -0.05) is 80.1 Å². The van der Waals surface area contributed by atoms with E-state index in [9.17, 15) is 58.8 Å². The van der Waals surface area contributed by atoms with Crippen molar-refractivity contribution in [3.63, 3.8) is 0 Å². The Kier molecular flexibility index (Phi) is 80.2. The Hall–Kier alpha value is -3.68. The van der Waals surface area contributed by atoms with Crippen molar-refractivity contribution in [2.24, 2.45) is 11.8 Å². The fraction of sp³-hybridized carbons (Fsp3) is 0.765. The fourth-order valence-corrected chi connectivity index (χ4v) is 15.3. The van der Waals surface area contributed by atoms with Gasteiger partial charge in [0.2, 0.25) is 0 Å². The summed E-state index contributed by atoms with van der Waals surface area (Å²) in [6.45, 7) is 20.9. The van der Waals surface area contributed by atoms with Crippen LogP contribution in [0.4, 0.5) is 0 Å². The Morgan fingerprint density at radius 3 is 0.733 bits per heavy atom. The van der Waals surface area contributed by atoms with Gasteiger partial charge in [0.15, 0.2) is 0 Å². The summed E-state index contributed by atoms with van der Waals surface area (Å²) in [6.07, 6.45) is 46.6. The van der Waals surface area contributed by atoms with Crippen LogP contribution in [-0.2, 0) is 38.4 Å². The van der Waals surface area contributed by atoms with Gasteiger partial charge in [0.1, 0.15) is 0 Å². The summed E-state index contributed by atoms with van der Waals surface area (Å²) in [4.78, 5) is 81.6. The first-order valence-electron chi connectivity index (χ1n) is 32.9. The molecule has 0 aliphatic heterocycles. The van der Waals surface area contributed by atoms with Gasteiger partial charge in [-0.25, -0.2) is 19.2 Å². The average Bonchev–Trinajstić information content (AvgIpc) is 3.53. The van der Waals surface area contributed by atoms with Crippen molar-refractivity contribution in [1.29, 1.82) is 0 Å². The molecule has 0 radical (unpaired) electrons. The molecule has 0 aromatic carbocycles. The van der Waals surface area contributed by atoms with E-state index in [0.717, 1.165) is 38.5 Å². The normalized spacial score (nSPS) is 11.1. The zero-order valence-electron chi connectivity index (χ0n) is 55.4. The molecule has 0 aliphatic carbocycles. The number of carboxylic acid groups (broad SMARTS) is 8. The van der Waals surface area contributed by atoms with Gasteiger partial charge < -0.3 is 60.0 Å². The zero-order chi connectivity index (χ0) is 66.6. The summed E-state index contributed by atoms with van der Waals surface area (Å²) in [5, 5.41) is 74.3. The quantitative estimate of drug-likeness (QED) is 0.0250. The number of hydrogen-bond acceptors (Lipinski definition) is 12. The van der Waals surface area contributed by atoms with E-state index in [4.69, 9.17) is 20.4 Å². The summed E-state index contributed by atoms with van der Waals surface area (Å²) in [5.41, 5.74) is -0.561. The van der Waals surface area contributed by atoms with Crippen LogP contribution in [0, 0.1) is 11.8 Å². The Balaban J connectivity index is -0.000000226. The number of rotatable bonds is 50. The van der Waals surface area contributed by atoms with E-state index in [1.165, 1.54) is 128 Å². The number of hydrogen-bond donors (Lipinski definition) is 4. The molecule has 18 heteroatoms. The maximum atomic E-state index is 10.5. The molecule has 86 heavy (non-hydrogen) atoms. The third-order valence-electron chi connectivity index (χ3n) is 13.3. The first kappa shape index (κ1) is 93.5. The van der Waals surface area contributed by atoms with Gasteiger partial charge >= 0.3 is 266 Å². The first-order chi connectivity index (χ1) is 40.8. The van der Waals surface area contributed by atoms with Crippen molar-refractivity contribution < 1.29 is 79.2 Å². The van der Waals surface area contributed by atoms with Gasteiger partial charge in [-0.05, 0) is 73.7 Å². The number of carboxylic acids is 8. The Morgan fingerprint density at radius 2 is 0.558 bits per heavy atom. The van der Waals surface area contributed by atoms with Crippen LogP contribution in [0.25, 0.3) is 0 Å². The summed E-state index contributed by atoms with van der Waals surface area (Å²) in [5.74, 6) is -9.34. The molecule has 16 nitrogen and oxygen atoms in total. The number of unbranched alkanes of at least 4 members (excludes halogenated alkanes) is 24. The fourth-order valence-electron chi connectivity index (χ4n) is 8.14. The number of aliphatic carboxylic acids is 8. The molecule has 0 fully saturated rings. The number of carbonyl (C=O) groups is 8. The van der Waals surface area contributed by atoms with Crippen LogP contribution in [0.15, 0.2) is 46.6 Å². The van der Waals surface area contributed by atoms with Crippen LogP contribution >= 0.6 is 0 Å². The van der Waals surface area contributed by atoms with Gasteiger partial charge in [0.25, 0.3) is 0 Å². The van der Waals surface area contributed by atoms with Crippen molar-refractivity contribution in [1.82, 2.24) is 0 Å². The molecule has 496 valence electrons. The third-order valence-corrected chi connectivity index (χ3v) is 21.4. The van der Waals surface area contributed by atoms with Gasteiger partial charge in [-0.2, -0.15) is 0 Å². The van der Waals surface area contributed by atoms with Crippen LogP contribution in [0.1, 0.15) is 300 Å². The summed E-state index contributed by atoms with van der Waals surface area (Å²) < 4.78 is 6.63. The van der Waals surface area contributed by atoms with Crippen LogP contribution in [0.2, 0.25) is 17.7 Å². The molecule has 0 rings (SSSR count). The van der Waals surface area contributed by atoms with Crippen LogP contribution in [0.5, 0.6) is 0 Å². The average molecular weight is 1430 g/mol. The van der Waals surface area contributed by atoms with E-state index in [2.05, 4.69) is 55.4 Å². The molecular formula is C68H120O16Sn2. The van der Waals surface area contributed by atoms with Crippen LogP contribution in [-0.4, -0.2) is 110 Å². The van der Waals surface area contributed by atoms with Crippen LogP contribution in [0.3, 0.4) is 0 Å². The van der Waals surface area contributed by atoms with Crippen molar-refractivity contribution in [2.45, 2.75) is 318 Å². The molecule has 0 heterocycles. The van der Waals surface area contributed by atoms with E-state index in [0.29, 0.717) is 49.0 Å². The summed E-state index contributed by atoms with van der Waals surface area (Å²) >= 11 is 0.147. The van der Waals surface area contributed by atoms with Gasteiger partial charge in [-0.3, -0.25) is 0 Å². The van der Waals surface area contributed by atoms with E-state index < -0.39 is 47.8 Å². The minimum atomic E-state index is -1.48. The molecule has 0 aromatic heterocycles. The Morgan fingerprint density at radius 1 is 0.326 bits per heavy atom. The topological polar surface area (TPSA) is 310 Å². The van der Waals surface area contributed by atoms with E-state index in [-0.39, 0.29) is 90.3 Å². The standard InChI is InChI=1S/2C12H20O4.4C8H17.2C6H8O4.2Sn/c2*1-9(2)6-4-3-5-7-10(12(15)16)8-11(13)14;4*1-3-5-7-8-6-4-2;2*1-2-4(6(9)10)3-5(7)8;;/h2*8-9H,3-7H2,1-2H3,(H,13,14)(H,15,16);4*1,3-8H2,2H3;2*3H,2H2,1H3,(H,7,8)(H,9,10);;/q;;;;;;;;2*+2/p-4/b2*10-8-;;;;;2*4-3-;;. The van der Waals surface area contributed by atoms with Crippen molar-refractivity contribution in [3.05, 3.63) is 46.6 Å². The monoisotopic (exact) mass is 1430 g/mol. The van der Waals surface area contributed by atoms with Crippen molar-refractivity contribution in [2.75, 3.05) is 0 Å². The molecule has 0 saturated carbocycles. The van der Waals surface area contributed by atoms with E-state index in [1.807, 2.05) is 0 Å². The first-order valence-corrected chi connectivity index (χ1v) is 40.9. The molecule has 0 bridgehead atoms. The summed E-state index contributed by atoms with van der Waals surface area (Å²) in [7, 11) is 0. The number of carbonyl (C=O) groups excluding carboxylic acids is 4. The van der Waals surface area contributed by atoms with Gasteiger partial charge in [0.05, 0.1) is 23.9 Å².